The number of aromatic nitrogens is 2. The molecule has 288 valence electrons. The SMILES string of the molecule is COc1ccc(N2CCN(c3c4ccccc4nc4ccccc34)CC2)cc1.COc1ccc(N2CCNCC2)cc1.Clc1c2ccccc2nc2ccccc12. The second kappa shape index (κ2) is 17.8. The highest BCUT2D eigenvalue weighted by Crippen LogP contribution is 2.35. The minimum Gasteiger partial charge on any atom is -0.497 e. The van der Waals surface area contributed by atoms with Gasteiger partial charge in [-0.25, -0.2) is 9.97 Å². The fourth-order valence-corrected chi connectivity index (χ4v) is 7.96. The van der Waals surface area contributed by atoms with Gasteiger partial charge in [-0.2, -0.15) is 0 Å². The van der Waals surface area contributed by atoms with Crippen molar-refractivity contribution < 1.29 is 9.47 Å². The van der Waals surface area contributed by atoms with Gasteiger partial charge in [-0.15, -0.1) is 0 Å². The molecule has 2 aliphatic heterocycles. The molecule has 2 aromatic heterocycles. The van der Waals surface area contributed by atoms with Gasteiger partial charge in [0, 0.05) is 85.3 Å². The second-order valence-electron chi connectivity index (χ2n) is 14.1. The van der Waals surface area contributed by atoms with Crippen molar-refractivity contribution >= 4 is 72.3 Å². The van der Waals surface area contributed by atoms with E-state index in [0.29, 0.717) is 0 Å². The maximum atomic E-state index is 6.33. The molecule has 0 aliphatic carbocycles. The van der Waals surface area contributed by atoms with Crippen LogP contribution in [0.3, 0.4) is 0 Å². The van der Waals surface area contributed by atoms with Crippen LogP contribution in [0.1, 0.15) is 0 Å². The van der Waals surface area contributed by atoms with Crippen molar-refractivity contribution in [1.29, 1.82) is 0 Å². The van der Waals surface area contributed by atoms with Crippen LogP contribution in [0.25, 0.3) is 43.6 Å². The van der Waals surface area contributed by atoms with Crippen molar-refractivity contribution in [2.75, 3.05) is 81.3 Å². The molecule has 8 nitrogen and oxygen atoms in total. The van der Waals surface area contributed by atoms with Crippen molar-refractivity contribution in [2.24, 2.45) is 0 Å². The van der Waals surface area contributed by atoms with E-state index < -0.39 is 0 Å². The summed E-state index contributed by atoms with van der Waals surface area (Å²) in [5.74, 6) is 1.82. The number of nitrogens with zero attached hydrogens (tertiary/aromatic N) is 5. The van der Waals surface area contributed by atoms with E-state index in [-0.39, 0.29) is 0 Å². The first-order valence-corrected chi connectivity index (χ1v) is 19.9. The van der Waals surface area contributed by atoms with Gasteiger partial charge in [0.2, 0.25) is 0 Å². The van der Waals surface area contributed by atoms with Crippen LogP contribution in [-0.4, -0.2) is 76.5 Å². The molecule has 2 aliphatic rings. The van der Waals surface area contributed by atoms with Crippen LogP contribution in [0.2, 0.25) is 5.02 Å². The fraction of sp³-hybridized carbons (Fsp3) is 0.208. The Morgan fingerprint density at radius 2 is 0.789 bits per heavy atom. The molecule has 0 radical (unpaired) electrons. The van der Waals surface area contributed by atoms with E-state index in [0.717, 1.165) is 102 Å². The van der Waals surface area contributed by atoms with Gasteiger partial charge in [0.25, 0.3) is 0 Å². The summed E-state index contributed by atoms with van der Waals surface area (Å²) in [4.78, 5) is 16.8. The Kier molecular flexibility index (Phi) is 11.8. The molecule has 0 bridgehead atoms. The number of halogens is 1. The number of anilines is 3. The van der Waals surface area contributed by atoms with Gasteiger partial charge in [-0.1, -0.05) is 84.4 Å². The number of nitrogens with one attached hydrogen (secondary N) is 1. The number of ether oxygens (including phenoxy) is 2. The number of hydrogen-bond donors (Lipinski definition) is 1. The lowest BCUT2D eigenvalue weighted by atomic mass is 10.1. The highest BCUT2D eigenvalue weighted by molar-refractivity contribution is 6.40. The monoisotopic (exact) mass is 774 g/mol. The quantitative estimate of drug-likeness (QED) is 0.174. The molecule has 4 heterocycles. The van der Waals surface area contributed by atoms with Crippen LogP contribution >= 0.6 is 11.6 Å². The summed E-state index contributed by atoms with van der Waals surface area (Å²) in [5, 5.41) is 8.62. The van der Waals surface area contributed by atoms with E-state index in [4.69, 9.17) is 26.1 Å². The number of pyridine rings is 2. The fourth-order valence-electron chi connectivity index (χ4n) is 7.64. The molecule has 57 heavy (non-hydrogen) atoms. The van der Waals surface area contributed by atoms with Gasteiger partial charge in [0.05, 0.1) is 47.0 Å². The van der Waals surface area contributed by atoms with E-state index >= 15 is 0 Å². The van der Waals surface area contributed by atoms with Gasteiger partial charge in [0.1, 0.15) is 11.5 Å². The topological polar surface area (TPSA) is 66.0 Å². The van der Waals surface area contributed by atoms with E-state index in [1.54, 1.807) is 14.2 Å². The third-order valence-electron chi connectivity index (χ3n) is 10.7. The normalized spacial score (nSPS) is 14.2. The molecular formula is C48H47ClN6O2. The molecule has 0 spiro atoms. The zero-order chi connectivity index (χ0) is 39.0. The van der Waals surface area contributed by atoms with Gasteiger partial charge in [-0.3, -0.25) is 0 Å². The van der Waals surface area contributed by atoms with Crippen LogP contribution in [0.5, 0.6) is 11.5 Å². The van der Waals surface area contributed by atoms with Crippen molar-refractivity contribution in [1.82, 2.24) is 15.3 Å². The van der Waals surface area contributed by atoms with E-state index in [1.807, 2.05) is 72.8 Å². The summed E-state index contributed by atoms with van der Waals surface area (Å²) in [7, 11) is 3.40. The molecule has 0 atom stereocenters. The third kappa shape index (κ3) is 8.53. The number of methoxy groups -OCH3 is 2. The van der Waals surface area contributed by atoms with Crippen molar-refractivity contribution in [3.05, 3.63) is 151 Å². The summed E-state index contributed by atoms with van der Waals surface area (Å²) in [6.45, 7) is 8.30. The Morgan fingerprint density at radius 3 is 1.21 bits per heavy atom. The Labute approximate surface area is 339 Å². The summed E-state index contributed by atoms with van der Waals surface area (Å²) in [5.41, 5.74) is 7.87. The summed E-state index contributed by atoms with van der Waals surface area (Å²) in [6, 6.07) is 49.4. The molecule has 2 saturated heterocycles. The zero-order valence-electron chi connectivity index (χ0n) is 32.4. The first-order chi connectivity index (χ1) is 28.1. The van der Waals surface area contributed by atoms with Gasteiger partial charge in [-0.05, 0) is 72.8 Å². The number of benzene rings is 6. The first-order valence-electron chi connectivity index (χ1n) is 19.5. The smallest absolute Gasteiger partial charge is 0.119 e. The number of para-hydroxylation sites is 4. The Bertz CT molecular complexity index is 2460. The van der Waals surface area contributed by atoms with Crippen molar-refractivity contribution in [2.45, 2.75) is 0 Å². The average Bonchev–Trinajstić information content (AvgIpc) is 3.29. The number of hydrogen-bond acceptors (Lipinski definition) is 8. The third-order valence-corrected chi connectivity index (χ3v) is 11.1. The number of fused-ring (bicyclic) bond motifs is 4. The molecule has 10 rings (SSSR count). The molecule has 0 amide bonds. The van der Waals surface area contributed by atoms with E-state index in [2.05, 4.69) is 97.8 Å². The number of rotatable bonds is 5. The maximum Gasteiger partial charge on any atom is 0.119 e. The van der Waals surface area contributed by atoms with Gasteiger partial charge < -0.3 is 29.5 Å². The lowest BCUT2D eigenvalue weighted by molar-refractivity contribution is 0.414. The second-order valence-corrected chi connectivity index (χ2v) is 14.4. The predicted molar refractivity (Wildman–Crippen MR) is 239 cm³/mol. The Morgan fingerprint density at radius 1 is 0.439 bits per heavy atom. The van der Waals surface area contributed by atoms with Crippen LogP contribution < -0.4 is 29.5 Å². The summed E-state index contributed by atoms with van der Waals surface area (Å²) in [6.07, 6.45) is 0. The Hall–Kier alpha value is -6.09. The Balaban J connectivity index is 0.000000132. The molecule has 2 fully saturated rings. The van der Waals surface area contributed by atoms with Gasteiger partial charge in [0.15, 0.2) is 0 Å². The summed E-state index contributed by atoms with van der Waals surface area (Å²) >= 11 is 6.33. The predicted octanol–water partition coefficient (Wildman–Crippen LogP) is 9.87. The molecule has 9 heteroatoms. The maximum absolute atomic E-state index is 6.33. The minimum atomic E-state index is 0.788. The van der Waals surface area contributed by atoms with E-state index in [9.17, 15) is 0 Å². The molecule has 0 unspecified atom stereocenters. The van der Waals surface area contributed by atoms with Crippen LogP contribution in [0, 0.1) is 0 Å². The zero-order valence-corrected chi connectivity index (χ0v) is 33.2. The molecule has 6 aromatic carbocycles. The first kappa shape index (κ1) is 37.8. The van der Waals surface area contributed by atoms with E-state index in [1.165, 1.54) is 27.8 Å². The lowest BCUT2D eigenvalue weighted by Crippen LogP contribution is -2.46. The minimum absolute atomic E-state index is 0.788. The van der Waals surface area contributed by atoms with Crippen LogP contribution in [0.4, 0.5) is 17.1 Å². The number of piperazine rings is 2. The van der Waals surface area contributed by atoms with Gasteiger partial charge >= 0.3 is 0 Å². The van der Waals surface area contributed by atoms with Crippen molar-refractivity contribution in [3.63, 3.8) is 0 Å². The van der Waals surface area contributed by atoms with Crippen LogP contribution in [0.15, 0.2) is 146 Å². The molecule has 1 N–H and O–H groups in total. The average molecular weight is 775 g/mol. The van der Waals surface area contributed by atoms with Crippen LogP contribution in [-0.2, 0) is 0 Å². The standard InChI is InChI=1S/C24H23N3O.C13H8ClN.C11H16N2O/c1-28-19-12-10-18(11-13-19)26-14-16-27(17-15-26)24-20-6-2-4-8-22(20)25-23-9-5-3-7-21(23)24;14-13-9-5-1-3-7-11(9)15-12-8-4-2-6-10(12)13;1-14-11-4-2-10(3-5-11)13-8-6-12-7-9-13/h2-13H,14-17H2,1H3;1-8H;2-5,12H,6-9H2,1H3. The largest absolute Gasteiger partial charge is 0.497 e. The van der Waals surface area contributed by atoms with Crippen molar-refractivity contribution in [3.8, 4) is 11.5 Å². The highest BCUT2D eigenvalue weighted by atomic mass is 35.5. The highest BCUT2D eigenvalue weighted by Gasteiger charge is 2.21. The molecule has 8 aromatic rings. The molecule has 0 saturated carbocycles. The molecular weight excluding hydrogens is 728 g/mol. The summed E-state index contributed by atoms with van der Waals surface area (Å²) < 4.78 is 10.4. The lowest BCUT2D eigenvalue weighted by Gasteiger charge is -2.38.